The minimum Gasteiger partial charge on any atom is -0.396 e. The molecule has 240 valence electrons. The molecule has 0 saturated heterocycles. The van der Waals surface area contributed by atoms with Crippen molar-refractivity contribution in [2.45, 2.75) is 25.7 Å². The molecule has 0 atom stereocenters. The predicted molar refractivity (Wildman–Crippen MR) is 211 cm³/mol. The van der Waals surface area contributed by atoms with Gasteiger partial charge in [-0.3, -0.25) is 0 Å². The first-order valence-corrected chi connectivity index (χ1v) is 17.8. The average molecular weight is 643 g/mol. The molecule has 0 saturated carbocycles. The summed E-state index contributed by atoms with van der Waals surface area (Å²) in [7, 11) is 0. The lowest BCUT2D eigenvalue weighted by Gasteiger charge is -2.14. The van der Waals surface area contributed by atoms with E-state index in [1.54, 1.807) is 0 Å². The van der Waals surface area contributed by atoms with Crippen LogP contribution in [0.15, 0.2) is 164 Å². The average Bonchev–Trinajstić information content (AvgIpc) is 3.56. The summed E-state index contributed by atoms with van der Waals surface area (Å²) in [5, 5.41) is 14.6. The summed E-state index contributed by atoms with van der Waals surface area (Å²) in [4.78, 5) is 0. The third kappa shape index (κ3) is 5.70. The Bertz CT molecular complexity index is 2500. The zero-order valence-corrected chi connectivity index (χ0v) is 28.1. The minimum absolute atomic E-state index is 0.237. The largest absolute Gasteiger partial charge is 0.396 e. The fraction of sp³-hybridized carbons (Fsp3) is 0.102. The molecule has 8 aromatic rings. The van der Waals surface area contributed by atoms with Crippen molar-refractivity contribution in [3.8, 4) is 55.6 Å². The van der Waals surface area contributed by atoms with E-state index in [1.165, 1.54) is 93.9 Å². The maximum Gasteiger partial charge on any atom is 0.0431 e. The van der Waals surface area contributed by atoms with Crippen LogP contribution in [-0.4, -0.2) is 11.7 Å². The Labute approximate surface area is 294 Å². The highest BCUT2D eigenvalue weighted by Crippen LogP contribution is 2.43. The van der Waals surface area contributed by atoms with Crippen molar-refractivity contribution >= 4 is 21.5 Å². The van der Waals surface area contributed by atoms with E-state index in [-0.39, 0.29) is 6.61 Å². The van der Waals surface area contributed by atoms with Crippen LogP contribution in [-0.2, 0) is 12.8 Å². The number of aryl methyl sites for hydroxylation is 1. The lowest BCUT2D eigenvalue weighted by Crippen LogP contribution is -1.96. The van der Waals surface area contributed by atoms with Gasteiger partial charge < -0.3 is 5.11 Å². The molecule has 1 heteroatoms. The summed E-state index contributed by atoms with van der Waals surface area (Å²) >= 11 is 0. The Morgan fingerprint density at radius 3 is 1.40 bits per heavy atom. The highest BCUT2D eigenvalue weighted by atomic mass is 16.2. The maximum absolute atomic E-state index is 9.55. The van der Waals surface area contributed by atoms with Gasteiger partial charge in [0, 0.05) is 6.61 Å². The van der Waals surface area contributed by atoms with Gasteiger partial charge in [-0.25, -0.2) is 0 Å². The van der Waals surface area contributed by atoms with Gasteiger partial charge in [0.05, 0.1) is 0 Å². The minimum atomic E-state index is 0.237. The number of hydrogen-bond acceptors (Lipinski definition) is 1. The molecule has 50 heavy (non-hydrogen) atoms. The molecule has 0 bridgehead atoms. The summed E-state index contributed by atoms with van der Waals surface area (Å²) < 4.78 is 0. The van der Waals surface area contributed by atoms with Crippen molar-refractivity contribution < 1.29 is 5.11 Å². The molecule has 0 fully saturated rings. The van der Waals surface area contributed by atoms with E-state index >= 15 is 0 Å². The molecule has 1 aliphatic rings. The van der Waals surface area contributed by atoms with E-state index in [4.69, 9.17) is 0 Å². The molecule has 0 amide bonds. The Balaban J connectivity index is 1.05. The van der Waals surface area contributed by atoms with Crippen LogP contribution in [0.3, 0.4) is 0 Å². The van der Waals surface area contributed by atoms with Gasteiger partial charge in [0.25, 0.3) is 0 Å². The zero-order chi connectivity index (χ0) is 33.4. The van der Waals surface area contributed by atoms with Crippen LogP contribution in [0.4, 0.5) is 0 Å². The smallest absolute Gasteiger partial charge is 0.0431 e. The number of benzene rings is 8. The highest BCUT2D eigenvalue weighted by molar-refractivity contribution is 5.90. The molecular weight excluding hydrogens is 605 g/mol. The van der Waals surface area contributed by atoms with Gasteiger partial charge in [-0.1, -0.05) is 140 Å². The second kappa shape index (κ2) is 12.9. The van der Waals surface area contributed by atoms with E-state index < -0.39 is 0 Å². The van der Waals surface area contributed by atoms with Crippen molar-refractivity contribution in [1.82, 2.24) is 0 Å². The van der Waals surface area contributed by atoms with Crippen LogP contribution in [0.2, 0.25) is 0 Å². The van der Waals surface area contributed by atoms with Crippen molar-refractivity contribution in [3.05, 3.63) is 180 Å². The molecular formula is C49H38O. The fourth-order valence-corrected chi connectivity index (χ4v) is 7.80. The normalized spacial score (nSPS) is 11.9. The van der Waals surface area contributed by atoms with Crippen LogP contribution < -0.4 is 0 Å². The zero-order valence-electron chi connectivity index (χ0n) is 28.1. The summed E-state index contributed by atoms with van der Waals surface area (Å²) in [5.74, 6) is 0. The van der Waals surface area contributed by atoms with Crippen molar-refractivity contribution in [2.24, 2.45) is 0 Å². The first-order chi connectivity index (χ1) is 24.7. The third-order valence-corrected chi connectivity index (χ3v) is 10.6. The summed E-state index contributed by atoms with van der Waals surface area (Å²) in [6.07, 6.45) is 3.74. The molecule has 8 aromatic carbocycles. The molecule has 1 nitrogen and oxygen atoms in total. The van der Waals surface area contributed by atoms with Crippen LogP contribution in [0.25, 0.3) is 77.2 Å². The van der Waals surface area contributed by atoms with E-state index in [9.17, 15) is 5.11 Å². The van der Waals surface area contributed by atoms with E-state index in [0.717, 1.165) is 25.7 Å². The van der Waals surface area contributed by atoms with Crippen LogP contribution in [0.5, 0.6) is 0 Å². The molecule has 0 unspecified atom stereocenters. The van der Waals surface area contributed by atoms with Gasteiger partial charge in [0.2, 0.25) is 0 Å². The molecule has 1 N–H and O–H groups in total. The van der Waals surface area contributed by atoms with E-state index in [0.29, 0.717) is 0 Å². The second-order valence-corrected chi connectivity index (χ2v) is 13.7. The van der Waals surface area contributed by atoms with Gasteiger partial charge >= 0.3 is 0 Å². The van der Waals surface area contributed by atoms with E-state index in [2.05, 4.69) is 164 Å². The van der Waals surface area contributed by atoms with Crippen molar-refractivity contribution in [3.63, 3.8) is 0 Å². The van der Waals surface area contributed by atoms with Gasteiger partial charge in [0.15, 0.2) is 0 Å². The maximum atomic E-state index is 9.55. The van der Waals surface area contributed by atoms with Gasteiger partial charge in [-0.15, -0.1) is 0 Å². The van der Waals surface area contributed by atoms with Gasteiger partial charge in [-0.05, 0) is 144 Å². The van der Waals surface area contributed by atoms with Crippen molar-refractivity contribution in [2.75, 3.05) is 6.61 Å². The monoisotopic (exact) mass is 642 g/mol. The Morgan fingerprint density at radius 2 is 0.840 bits per heavy atom. The molecule has 9 rings (SSSR count). The van der Waals surface area contributed by atoms with Gasteiger partial charge in [0.1, 0.15) is 0 Å². The van der Waals surface area contributed by atoms with Crippen LogP contribution in [0.1, 0.15) is 29.5 Å². The third-order valence-electron chi connectivity index (χ3n) is 10.6. The van der Waals surface area contributed by atoms with Crippen molar-refractivity contribution in [1.29, 1.82) is 0 Å². The lowest BCUT2D eigenvalue weighted by molar-refractivity contribution is 0.284. The molecule has 0 aromatic heterocycles. The summed E-state index contributed by atoms with van der Waals surface area (Å²) in [6, 6.07) is 60.4. The fourth-order valence-electron chi connectivity index (χ4n) is 7.80. The number of unbranched alkanes of at least 4 members (excludes halogenated alkanes) is 1. The Kier molecular flexibility index (Phi) is 7.84. The quantitative estimate of drug-likeness (QED) is 0.164. The Morgan fingerprint density at radius 1 is 0.380 bits per heavy atom. The first-order valence-electron chi connectivity index (χ1n) is 17.8. The molecule has 0 spiro atoms. The van der Waals surface area contributed by atoms with E-state index in [1.807, 2.05) is 0 Å². The molecule has 0 heterocycles. The number of aliphatic hydroxyl groups excluding tert-OH is 1. The number of rotatable bonds is 8. The molecule has 0 radical (unpaired) electrons. The van der Waals surface area contributed by atoms with Crippen LogP contribution >= 0.6 is 0 Å². The number of aliphatic hydroxyl groups is 1. The SMILES string of the molecule is OCCCCc1cc(-c2ccc(-c3ccc4ccccc4c3)cc2)cc2c1Cc1ccc(-c3ccc(-c4ccc5ccccc5c4)cc3)cc1-2. The second-order valence-electron chi connectivity index (χ2n) is 13.7. The summed E-state index contributed by atoms with van der Waals surface area (Å²) in [6.45, 7) is 0.237. The number of fused-ring (bicyclic) bond motifs is 5. The molecule has 1 aliphatic carbocycles. The standard InChI is InChI=1S/C49H38O/c50-26-6-5-11-44-29-46(38-18-16-36(17-19-38)42-23-21-34-8-2-4-10-40(34)28-42)32-49-47-30-43(24-25-45(47)31-48(44)49)37-14-12-35(13-15-37)41-22-20-33-7-1-3-9-39(33)27-41/h1-4,7-10,12-25,27-30,32,50H,5-6,11,26,31H2. The topological polar surface area (TPSA) is 20.2 Å². The number of hydrogen-bond donors (Lipinski definition) is 1. The lowest BCUT2D eigenvalue weighted by atomic mass is 9.91. The Hall–Kier alpha value is -5.76. The predicted octanol–water partition coefficient (Wildman–Crippen LogP) is 12.5. The van der Waals surface area contributed by atoms with Crippen LogP contribution in [0, 0.1) is 0 Å². The molecule has 0 aliphatic heterocycles. The summed E-state index contributed by atoms with van der Waals surface area (Å²) in [5.41, 5.74) is 16.8. The highest BCUT2D eigenvalue weighted by Gasteiger charge is 2.23. The van der Waals surface area contributed by atoms with Gasteiger partial charge in [-0.2, -0.15) is 0 Å². The first kappa shape index (κ1) is 30.3.